The number of amides is 1. The van der Waals surface area contributed by atoms with Crippen molar-refractivity contribution in [1.29, 1.82) is 0 Å². The maximum Gasteiger partial charge on any atom is 0.263 e. The third-order valence-corrected chi connectivity index (χ3v) is 4.89. The maximum absolute atomic E-state index is 12.7. The number of benzene rings is 1. The topological polar surface area (TPSA) is 83.5 Å². The molecular formula is C22H24N6O2. The van der Waals surface area contributed by atoms with Crippen LogP contribution in [0.15, 0.2) is 67.1 Å². The molecule has 1 amide bonds. The quantitative estimate of drug-likeness (QED) is 0.676. The van der Waals surface area contributed by atoms with E-state index in [2.05, 4.69) is 25.2 Å². The Morgan fingerprint density at radius 2 is 1.73 bits per heavy atom. The van der Waals surface area contributed by atoms with Crippen LogP contribution in [0.4, 0.5) is 17.5 Å². The number of nitrogens with zero attached hydrogens (tertiary/aromatic N) is 5. The van der Waals surface area contributed by atoms with Crippen molar-refractivity contribution in [1.82, 2.24) is 19.9 Å². The fourth-order valence-electron chi connectivity index (χ4n) is 3.32. The van der Waals surface area contributed by atoms with Crippen molar-refractivity contribution in [2.75, 3.05) is 36.4 Å². The van der Waals surface area contributed by atoms with Crippen LogP contribution in [0.3, 0.4) is 0 Å². The van der Waals surface area contributed by atoms with Crippen molar-refractivity contribution in [2.24, 2.45) is 0 Å². The Labute approximate surface area is 175 Å². The highest BCUT2D eigenvalue weighted by Crippen LogP contribution is 2.19. The van der Waals surface area contributed by atoms with Crippen LogP contribution >= 0.6 is 0 Å². The summed E-state index contributed by atoms with van der Waals surface area (Å²) in [5, 5.41) is 3.18. The lowest BCUT2D eigenvalue weighted by molar-refractivity contribution is -0.138. The monoisotopic (exact) mass is 404 g/mol. The predicted octanol–water partition coefficient (Wildman–Crippen LogP) is 2.73. The highest BCUT2D eigenvalue weighted by Gasteiger charge is 2.26. The normalized spacial score (nSPS) is 14.8. The van der Waals surface area contributed by atoms with E-state index in [4.69, 9.17) is 4.74 Å². The third-order valence-electron chi connectivity index (χ3n) is 4.89. The molecule has 0 saturated carbocycles. The van der Waals surface area contributed by atoms with Gasteiger partial charge in [-0.05, 0) is 31.2 Å². The Bertz CT molecular complexity index is 962. The van der Waals surface area contributed by atoms with Crippen LogP contribution in [0.5, 0.6) is 5.75 Å². The summed E-state index contributed by atoms with van der Waals surface area (Å²) < 4.78 is 5.77. The SMILES string of the molecule is CC(Oc1ccccc1)C(=O)N1CCN(c2cc(Nc3ccccn3)ncn2)CC1. The van der Waals surface area contributed by atoms with Crippen LogP contribution in [0, 0.1) is 0 Å². The second kappa shape index (κ2) is 9.21. The fourth-order valence-corrected chi connectivity index (χ4v) is 3.32. The van der Waals surface area contributed by atoms with Gasteiger partial charge in [0.25, 0.3) is 5.91 Å². The van der Waals surface area contributed by atoms with Gasteiger partial charge in [0, 0.05) is 38.4 Å². The van der Waals surface area contributed by atoms with Crippen molar-refractivity contribution in [2.45, 2.75) is 13.0 Å². The number of hydrogen-bond donors (Lipinski definition) is 1. The molecule has 8 nitrogen and oxygen atoms in total. The lowest BCUT2D eigenvalue weighted by atomic mass is 10.2. The van der Waals surface area contributed by atoms with Crippen LogP contribution in [-0.4, -0.2) is 58.0 Å². The first-order chi connectivity index (χ1) is 14.7. The summed E-state index contributed by atoms with van der Waals surface area (Å²) in [7, 11) is 0. The predicted molar refractivity (Wildman–Crippen MR) is 115 cm³/mol. The van der Waals surface area contributed by atoms with Crippen LogP contribution in [0.25, 0.3) is 0 Å². The molecule has 30 heavy (non-hydrogen) atoms. The second-order valence-corrected chi connectivity index (χ2v) is 6.99. The summed E-state index contributed by atoms with van der Waals surface area (Å²) in [5.41, 5.74) is 0. The smallest absolute Gasteiger partial charge is 0.263 e. The lowest BCUT2D eigenvalue weighted by Crippen LogP contribution is -2.52. The number of anilines is 3. The van der Waals surface area contributed by atoms with Crippen molar-refractivity contribution < 1.29 is 9.53 Å². The molecule has 1 aromatic carbocycles. The summed E-state index contributed by atoms with van der Waals surface area (Å²) in [6.45, 7) is 4.43. The first kappa shape index (κ1) is 19.6. The van der Waals surface area contributed by atoms with Crippen molar-refractivity contribution >= 4 is 23.4 Å². The fraction of sp³-hybridized carbons (Fsp3) is 0.273. The van der Waals surface area contributed by atoms with Gasteiger partial charge >= 0.3 is 0 Å². The highest BCUT2D eigenvalue weighted by molar-refractivity contribution is 5.81. The van der Waals surface area contributed by atoms with E-state index in [1.165, 1.54) is 6.33 Å². The van der Waals surface area contributed by atoms with Crippen LogP contribution in [0.1, 0.15) is 6.92 Å². The maximum atomic E-state index is 12.7. The minimum Gasteiger partial charge on any atom is -0.481 e. The molecule has 154 valence electrons. The first-order valence-corrected chi connectivity index (χ1v) is 9.94. The molecule has 1 saturated heterocycles. The Morgan fingerprint density at radius 3 is 2.47 bits per heavy atom. The van der Waals surface area contributed by atoms with Gasteiger partial charge < -0.3 is 19.9 Å². The van der Waals surface area contributed by atoms with E-state index >= 15 is 0 Å². The number of carbonyl (C=O) groups excluding carboxylic acids is 1. The molecule has 1 atom stereocenters. The minimum absolute atomic E-state index is 0.00121. The van der Waals surface area contributed by atoms with Gasteiger partial charge in [0.05, 0.1) is 0 Å². The van der Waals surface area contributed by atoms with Gasteiger partial charge in [0.15, 0.2) is 6.10 Å². The summed E-state index contributed by atoms with van der Waals surface area (Å²) >= 11 is 0. The second-order valence-electron chi connectivity index (χ2n) is 6.99. The molecule has 0 bridgehead atoms. The Morgan fingerprint density at radius 1 is 0.967 bits per heavy atom. The molecule has 2 aromatic heterocycles. The number of rotatable bonds is 6. The minimum atomic E-state index is -0.521. The van der Waals surface area contributed by atoms with Gasteiger partial charge in [-0.15, -0.1) is 0 Å². The molecule has 1 aliphatic rings. The Balaban J connectivity index is 1.33. The van der Waals surface area contributed by atoms with Crippen molar-refractivity contribution in [3.8, 4) is 5.75 Å². The molecule has 0 radical (unpaired) electrons. The molecule has 0 spiro atoms. The number of pyridine rings is 1. The Kier molecular flexibility index (Phi) is 6.03. The largest absolute Gasteiger partial charge is 0.481 e. The van der Waals surface area contributed by atoms with E-state index in [0.717, 1.165) is 11.6 Å². The number of carbonyl (C=O) groups is 1. The van der Waals surface area contributed by atoms with Crippen molar-refractivity contribution in [3.63, 3.8) is 0 Å². The average Bonchev–Trinajstić information content (AvgIpc) is 2.80. The lowest BCUT2D eigenvalue weighted by Gasteiger charge is -2.36. The zero-order valence-electron chi connectivity index (χ0n) is 16.8. The van der Waals surface area contributed by atoms with E-state index in [1.54, 1.807) is 13.1 Å². The van der Waals surface area contributed by atoms with Crippen LogP contribution in [0.2, 0.25) is 0 Å². The van der Waals surface area contributed by atoms with Crippen LogP contribution in [-0.2, 0) is 4.79 Å². The van der Waals surface area contributed by atoms with Gasteiger partial charge in [0.1, 0.15) is 29.5 Å². The molecule has 1 N–H and O–H groups in total. The molecule has 8 heteroatoms. The summed E-state index contributed by atoms with van der Waals surface area (Å²) in [5.74, 6) is 2.93. The van der Waals surface area contributed by atoms with Gasteiger partial charge in [-0.25, -0.2) is 15.0 Å². The standard InChI is InChI=1S/C22H24N6O2/c1-17(30-18-7-3-2-4-8-18)22(29)28-13-11-27(12-14-28)21-15-20(24-16-25-21)26-19-9-5-6-10-23-19/h2-10,15-17H,11-14H2,1H3,(H,23,24,25,26). The third kappa shape index (κ3) is 4.83. The van der Waals surface area contributed by atoms with E-state index in [0.29, 0.717) is 37.7 Å². The molecule has 1 fully saturated rings. The molecule has 1 unspecified atom stereocenters. The van der Waals surface area contributed by atoms with E-state index in [1.807, 2.05) is 59.5 Å². The first-order valence-electron chi connectivity index (χ1n) is 9.94. The van der Waals surface area contributed by atoms with E-state index in [9.17, 15) is 4.79 Å². The zero-order valence-corrected chi connectivity index (χ0v) is 16.8. The molecule has 0 aliphatic carbocycles. The summed E-state index contributed by atoms with van der Waals surface area (Å²) in [6.07, 6.45) is 2.74. The molecule has 1 aliphatic heterocycles. The van der Waals surface area contributed by atoms with Crippen LogP contribution < -0.4 is 15.0 Å². The van der Waals surface area contributed by atoms with Crippen molar-refractivity contribution in [3.05, 3.63) is 67.1 Å². The van der Waals surface area contributed by atoms with E-state index < -0.39 is 6.10 Å². The average molecular weight is 404 g/mol. The molecule has 4 rings (SSSR count). The highest BCUT2D eigenvalue weighted by atomic mass is 16.5. The molecule has 3 aromatic rings. The number of piperazine rings is 1. The zero-order chi connectivity index (χ0) is 20.8. The number of ether oxygens (including phenoxy) is 1. The summed E-state index contributed by atoms with van der Waals surface area (Å²) in [4.78, 5) is 29.6. The molecular weight excluding hydrogens is 380 g/mol. The van der Waals surface area contributed by atoms with Gasteiger partial charge in [-0.1, -0.05) is 24.3 Å². The van der Waals surface area contributed by atoms with Gasteiger partial charge in [0.2, 0.25) is 0 Å². The number of para-hydroxylation sites is 1. The number of hydrogen-bond acceptors (Lipinski definition) is 7. The Hall–Kier alpha value is -3.68. The number of aromatic nitrogens is 3. The van der Waals surface area contributed by atoms with Gasteiger partial charge in [-0.2, -0.15) is 0 Å². The van der Waals surface area contributed by atoms with E-state index in [-0.39, 0.29) is 5.91 Å². The molecule has 3 heterocycles. The number of nitrogens with one attached hydrogen (secondary N) is 1. The summed E-state index contributed by atoms with van der Waals surface area (Å²) in [6, 6.07) is 17.0. The van der Waals surface area contributed by atoms with Gasteiger partial charge in [-0.3, -0.25) is 4.79 Å².